The van der Waals surface area contributed by atoms with Crippen LogP contribution >= 0.6 is 11.6 Å². The van der Waals surface area contributed by atoms with Gasteiger partial charge in [0, 0.05) is 17.0 Å². The largest absolute Gasteiger partial charge is 0.478 e. The Labute approximate surface area is 202 Å². The van der Waals surface area contributed by atoms with Gasteiger partial charge < -0.3 is 10.1 Å². The molecular formula is C27H27ClF3NO2. The molecule has 0 bridgehead atoms. The van der Waals surface area contributed by atoms with Gasteiger partial charge in [0.05, 0.1) is 5.56 Å². The number of alkyl halides is 3. The second kappa shape index (κ2) is 10.5. The maximum Gasteiger partial charge on any atom is 0.416 e. The van der Waals surface area contributed by atoms with E-state index in [0.29, 0.717) is 11.4 Å². The van der Waals surface area contributed by atoms with E-state index in [4.69, 9.17) is 16.3 Å². The molecule has 0 fully saturated rings. The molecular weight excluding hydrogens is 463 g/mol. The van der Waals surface area contributed by atoms with Crippen LogP contribution in [0.15, 0.2) is 78.9 Å². The Balaban J connectivity index is 1.73. The summed E-state index contributed by atoms with van der Waals surface area (Å²) in [5.74, 6) is -0.202. The number of carbonyl (C=O) groups is 1. The van der Waals surface area contributed by atoms with Crippen molar-refractivity contribution in [3.05, 3.63) is 101 Å². The first kappa shape index (κ1) is 25.6. The number of nitrogens with one attached hydrogen (secondary N) is 1. The molecule has 3 aromatic rings. The molecule has 34 heavy (non-hydrogen) atoms. The zero-order valence-corrected chi connectivity index (χ0v) is 20.0. The van der Waals surface area contributed by atoms with Gasteiger partial charge in [-0.05, 0) is 74.7 Å². The first-order chi connectivity index (χ1) is 16.0. The minimum atomic E-state index is -4.43. The standard InChI is InChI=1S/C27H27ClF3NO2/c1-18(24(20-7-5-4-6-8-20)17-19-9-13-22(28)14-10-19)32-25(33)26(2,3)34-23-15-11-21(12-16-23)27(29,30)31/h4-16,18,24H,17H2,1-3H3,(H,32,33). The van der Waals surface area contributed by atoms with Crippen molar-refractivity contribution in [1.82, 2.24) is 5.32 Å². The van der Waals surface area contributed by atoms with Crippen LogP contribution in [0.2, 0.25) is 5.02 Å². The van der Waals surface area contributed by atoms with E-state index in [-0.39, 0.29) is 23.6 Å². The van der Waals surface area contributed by atoms with Gasteiger partial charge in [-0.15, -0.1) is 0 Å². The lowest BCUT2D eigenvalue weighted by Crippen LogP contribution is -2.51. The van der Waals surface area contributed by atoms with Crippen LogP contribution < -0.4 is 10.1 Å². The van der Waals surface area contributed by atoms with Crippen molar-refractivity contribution in [2.45, 2.75) is 50.9 Å². The molecule has 2 unspecified atom stereocenters. The third-order valence-corrected chi connectivity index (χ3v) is 5.91. The molecule has 0 aliphatic carbocycles. The van der Waals surface area contributed by atoms with Gasteiger partial charge in [0.1, 0.15) is 5.75 Å². The average molecular weight is 490 g/mol. The summed E-state index contributed by atoms with van der Waals surface area (Å²) in [6.07, 6.45) is -3.75. The van der Waals surface area contributed by atoms with Crippen LogP contribution in [0.25, 0.3) is 0 Å². The molecule has 0 radical (unpaired) electrons. The number of halogens is 4. The Morgan fingerprint density at radius 2 is 1.53 bits per heavy atom. The van der Waals surface area contributed by atoms with Crippen LogP contribution in [0, 0.1) is 0 Å². The Kier molecular flexibility index (Phi) is 7.93. The Morgan fingerprint density at radius 1 is 0.941 bits per heavy atom. The van der Waals surface area contributed by atoms with E-state index in [9.17, 15) is 18.0 Å². The number of hydrogen-bond acceptors (Lipinski definition) is 2. The summed E-state index contributed by atoms with van der Waals surface area (Å²) in [6.45, 7) is 5.10. The minimum Gasteiger partial charge on any atom is -0.478 e. The normalized spacial score (nSPS) is 13.7. The molecule has 180 valence electrons. The molecule has 0 aliphatic heterocycles. The fourth-order valence-corrected chi connectivity index (χ4v) is 3.82. The summed E-state index contributed by atoms with van der Waals surface area (Å²) in [5, 5.41) is 3.69. The third-order valence-electron chi connectivity index (χ3n) is 5.66. The van der Waals surface area contributed by atoms with Gasteiger partial charge in [-0.25, -0.2) is 0 Å². The fourth-order valence-electron chi connectivity index (χ4n) is 3.69. The Hall–Kier alpha value is -2.99. The van der Waals surface area contributed by atoms with Gasteiger partial charge in [0.15, 0.2) is 5.60 Å². The van der Waals surface area contributed by atoms with E-state index < -0.39 is 17.3 Å². The smallest absolute Gasteiger partial charge is 0.416 e. The highest BCUT2D eigenvalue weighted by molar-refractivity contribution is 6.30. The highest BCUT2D eigenvalue weighted by Gasteiger charge is 2.34. The second-order valence-corrected chi connectivity index (χ2v) is 9.18. The fraction of sp³-hybridized carbons (Fsp3) is 0.296. The van der Waals surface area contributed by atoms with Gasteiger partial charge in [0.25, 0.3) is 5.91 Å². The number of carbonyl (C=O) groups excluding carboxylic acids is 1. The van der Waals surface area contributed by atoms with Gasteiger partial charge in [-0.2, -0.15) is 13.2 Å². The van der Waals surface area contributed by atoms with Crippen molar-refractivity contribution in [3.63, 3.8) is 0 Å². The molecule has 7 heteroatoms. The van der Waals surface area contributed by atoms with Crippen molar-refractivity contribution in [2.75, 3.05) is 0 Å². The summed E-state index contributed by atoms with van der Waals surface area (Å²) in [5.41, 5.74) is 0.0881. The van der Waals surface area contributed by atoms with Crippen LogP contribution in [0.5, 0.6) is 5.75 Å². The molecule has 0 aromatic heterocycles. The lowest BCUT2D eigenvalue weighted by molar-refractivity contribution is -0.138. The first-order valence-electron chi connectivity index (χ1n) is 10.9. The van der Waals surface area contributed by atoms with Gasteiger partial charge in [0.2, 0.25) is 0 Å². The van der Waals surface area contributed by atoms with E-state index >= 15 is 0 Å². The third kappa shape index (κ3) is 6.76. The highest BCUT2D eigenvalue weighted by atomic mass is 35.5. The molecule has 0 spiro atoms. The quantitative estimate of drug-likeness (QED) is 0.368. The number of rotatable bonds is 8. The number of hydrogen-bond donors (Lipinski definition) is 1. The summed E-state index contributed by atoms with van der Waals surface area (Å²) in [6, 6.07) is 21.5. The summed E-state index contributed by atoms with van der Waals surface area (Å²) < 4.78 is 44.2. The van der Waals surface area contributed by atoms with E-state index in [1.165, 1.54) is 12.1 Å². The topological polar surface area (TPSA) is 38.3 Å². The van der Waals surface area contributed by atoms with Gasteiger partial charge >= 0.3 is 6.18 Å². The molecule has 1 amide bonds. The Morgan fingerprint density at radius 3 is 2.09 bits per heavy atom. The summed E-state index contributed by atoms with van der Waals surface area (Å²) >= 11 is 6.02. The molecule has 3 rings (SSSR count). The monoisotopic (exact) mass is 489 g/mol. The predicted octanol–water partition coefficient (Wildman–Crippen LogP) is 7.05. The summed E-state index contributed by atoms with van der Waals surface area (Å²) in [7, 11) is 0. The zero-order chi connectivity index (χ0) is 24.9. The van der Waals surface area contributed by atoms with Crippen LogP contribution in [0.1, 0.15) is 43.4 Å². The second-order valence-electron chi connectivity index (χ2n) is 8.74. The van der Waals surface area contributed by atoms with Gasteiger partial charge in [-0.3, -0.25) is 4.79 Å². The molecule has 0 aliphatic rings. The van der Waals surface area contributed by atoms with Crippen molar-refractivity contribution >= 4 is 17.5 Å². The van der Waals surface area contributed by atoms with Crippen LogP contribution in [-0.4, -0.2) is 17.6 Å². The molecule has 3 aromatic carbocycles. The molecule has 2 atom stereocenters. The molecule has 0 heterocycles. The molecule has 1 N–H and O–H groups in total. The van der Waals surface area contributed by atoms with E-state index in [1.54, 1.807) is 13.8 Å². The van der Waals surface area contributed by atoms with Crippen LogP contribution in [0.4, 0.5) is 13.2 Å². The minimum absolute atomic E-state index is 0.0202. The zero-order valence-electron chi connectivity index (χ0n) is 19.2. The van der Waals surface area contributed by atoms with Gasteiger partial charge in [-0.1, -0.05) is 54.1 Å². The van der Waals surface area contributed by atoms with Crippen LogP contribution in [-0.2, 0) is 17.4 Å². The molecule has 0 saturated carbocycles. The maximum absolute atomic E-state index is 13.1. The number of benzene rings is 3. The predicted molar refractivity (Wildman–Crippen MR) is 128 cm³/mol. The maximum atomic E-state index is 13.1. The van der Waals surface area contributed by atoms with Crippen molar-refractivity contribution in [2.24, 2.45) is 0 Å². The van der Waals surface area contributed by atoms with Crippen LogP contribution in [0.3, 0.4) is 0 Å². The highest BCUT2D eigenvalue weighted by Crippen LogP contribution is 2.31. The molecule has 3 nitrogen and oxygen atoms in total. The van der Waals surface area contributed by atoms with Crippen molar-refractivity contribution in [3.8, 4) is 5.75 Å². The SMILES string of the molecule is CC(NC(=O)C(C)(C)Oc1ccc(C(F)(F)F)cc1)C(Cc1ccc(Cl)cc1)c1ccccc1. The van der Waals surface area contributed by atoms with E-state index in [1.807, 2.05) is 61.5 Å². The average Bonchev–Trinajstić information content (AvgIpc) is 2.78. The van der Waals surface area contributed by atoms with E-state index in [2.05, 4.69) is 5.32 Å². The van der Waals surface area contributed by atoms with Crippen molar-refractivity contribution in [1.29, 1.82) is 0 Å². The summed E-state index contributed by atoms with van der Waals surface area (Å²) in [4.78, 5) is 13.1. The Bertz CT molecular complexity index is 1080. The lowest BCUT2D eigenvalue weighted by Gasteiger charge is -2.31. The van der Waals surface area contributed by atoms with Crippen molar-refractivity contribution < 1.29 is 22.7 Å². The number of ether oxygens (including phenoxy) is 1. The number of amides is 1. The lowest BCUT2D eigenvalue weighted by atomic mass is 9.86. The van der Waals surface area contributed by atoms with E-state index in [0.717, 1.165) is 23.3 Å². The molecule has 0 saturated heterocycles. The first-order valence-corrected chi connectivity index (χ1v) is 11.3.